The zero-order chi connectivity index (χ0) is 15.1. The Balaban J connectivity index is 1.66. The summed E-state index contributed by atoms with van der Waals surface area (Å²) in [7, 11) is 4.03. The van der Waals surface area contributed by atoms with Gasteiger partial charge in [0.05, 0.1) is 6.54 Å². The number of anilines is 1. The van der Waals surface area contributed by atoms with E-state index in [2.05, 4.69) is 15.5 Å². The minimum Gasteiger partial charge on any atom is -0.492 e. The van der Waals surface area contributed by atoms with Gasteiger partial charge < -0.3 is 20.3 Å². The predicted molar refractivity (Wildman–Crippen MR) is 84.7 cm³/mol. The van der Waals surface area contributed by atoms with E-state index in [1.54, 1.807) is 0 Å². The van der Waals surface area contributed by atoms with Crippen molar-refractivity contribution in [2.24, 2.45) is 5.92 Å². The molecule has 1 aromatic rings. The van der Waals surface area contributed by atoms with Gasteiger partial charge in [0.2, 0.25) is 5.91 Å². The second kappa shape index (κ2) is 8.00. The van der Waals surface area contributed by atoms with Crippen molar-refractivity contribution in [2.45, 2.75) is 12.8 Å². The van der Waals surface area contributed by atoms with Crippen molar-refractivity contribution in [1.29, 1.82) is 0 Å². The third-order valence-electron chi connectivity index (χ3n) is 3.36. The first kappa shape index (κ1) is 15.8. The number of carbonyl (C=O) groups excluding carboxylic acids is 1. The van der Waals surface area contributed by atoms with Crippen LogP contribution in [0.25, 0.3) is 0 Å². The topological polar surface area (TPSA) is 53.6 Å². The van der Waals surface area contributed by atoms with Gasteiger partial charge in [-0.2, -0.15) is 0 Å². The highest BCUT2D eigenvalue weighted by molar-refractivity contribution is 5.92. The number of benzene rings is 1. The van der Waals surface area contributed by atoms with Gasteiger partial charge in [0.15, 0.2) is 0 Å². The summed E-state index contributed by atoms with van der Waals surface area (Å²) in [6.45, 7) is 2.86. The first-order valence-electron chi connectivity index (χ1n) is 7.51. The molecule has 5 heteroatoms. The quantitative estimate of drug-likeness (QED) is 0.725. The van der Waals surface area contributed by atoms with Crippen LogP contribution in [0.1, 0.15) is 12.8 Å². The van der Waals surface area contributed by atoms with E-state index in [0.29, 0.717) is 13.2 Å². The van der Waals surface area contributed by atoms with Crippen molar-refractivity contribution in [3.05, 3.63) is 24.3 Å². The largest absolute Gasteiger partial charge is 0.492 e. The zero-order valence-electron chi connectivity index (χ0n) is 12.9. The number of hydrogen-bond acceptors (Lipinski definition) is 4. The molecule has 5 nitrogen and oxygen atoms in total. The molecule has 1 aliphatic carbocycles. The number of nitrogens with one attached hydrogen (secondary N) is 2. The number of ether oxygens (including phenoxy) is 1. The fraction of sp³-hybridized carbons (Fsp3) is 0.562. The molecule has 1 amide bonds. The molecular formula is C16H25N3O2. The first-order chi connectivity index (χ1) is 10.1. The van der Waals surface area contributed by atoms with E-state index >= 15 is 0 Å². The van der Waals surface area contributed by atoms with E-state index < -0.39 is 0 Å². The summed E-state index contributed by atoms with van der Waals surface area (Å²) in [5.74, 6) is 1.61. The fourth-order valence-electron chi connectivity index (χ4n) is 1.90. The lowest BCUT2D eigenvalue weighted by molar-refractivity contribution is -0.115. The molecule has 0 aromatic heterocycles. The van der Waals surface area contributed by atoms with Crippen LogP contribution in [0.3, 0.4) is 0 Å². The van der Waals surface area contributed by atoms with Gasteiger partial charge in [0.25, 0.3) is 0 Å². The molecule has 1 aliphatic rings. The maximum absolute atomic E-state index is 11.7. The minimum absolute atomic E-state index is 0.00285. The molecule has 0 unspecified atom stereocenters. The van der Waals surface area contributed by atoms with E-state index in [-0.39, 0.29) is 5.91 Å². The Hall–Kier alpha value is -1.59. The lowest BCUT2D eigenvalue weighted by atomic mass is 10.3. The Morgan fingerprint density at radius 3 is 2.62 bits per heavy atom. The van der Waals surface area contributed by atoms with Crippen molar-refractivity contribution in [1.82, 2.24) is 10.2 Å². The number of nitrogens with zero attached hydrogens (tertiary/aromatic N) is 1. The van der Waals surface area contributed by atoms with Crippen LogP contribution in [0.15, 0.2) is 24.3 Å². The van der Waals surface area contributed by atoms with Crippen molar-refractivity contribution >= 4 is 11.6 Å². The molecule has 1 saturated carbocycles. The van der Waals surface area contributed by atoms with Crippen molar-refractivity contribution in [2.75, 3.05) is 45.7 Å². The van der Waals surface area contributed by atoms with Crippen LogP contribution in [0, 0.1) is 5.92 Å². The van der Waals surface area contributed by atoms with Gasteiger partial charge in [-0.25, -0.2) is 0 Å². The van der Waals surface area contributed by atoms with Gasteiger partial charge in [-0.3, -0.25) is 4.79 Å². The third kappa shape index (κ3) is 6.60. The Labute approximate surface area is 126 Å². The number of carbonyl (C=O) groups is 1. The summed E-state index contributed by atoms with van der Waals surface area (Å²) < 4.78 is 5.61. The third-order valence-corrected chi connectivity index (χ3v) is 3.36. The summed E-state index contributed by atoms with van der Waals surface area (Å²) in [5.41, 5.74) is 0.799. The molecule has 0 saturated heterocycles. The first-order valence-corrected chi connectivity index (χ1v) is 7.51. The standard InChI is InChI=1S/C16H25N3O2/c1-19(2)9-10-21-15-7-5-14(6-8-15)18-16(20)12-17-11-13-3-4-13/h5-8,13,17H,3-4,9-12H2,1-2H3,(H,18,20). The predicted octanol–water partition coefficient (Wildman–Crippen LogP) is 1.57. The normalized spacial score (nSPS) is 14.2. The van der Waals surface area contributed by atoms with Crippen molar-refractivity contribution in [3.63, 3.8) is 0 Å². The molecule has 21 heavy (non-hydrogen) atoms. The van der Waals surface area contributed by atoms with E-state index in [4.69, 9.17) is 4.74 Å². The van der Waals surface area contributed by atoms with Crippen LogP contribution in [0.4, 0.5) is 5.69 Å². The molecule has 0 radical (unpaired) electrons. The van der Waals surface area contributed by atoms with Crippen LogP contribution >= 0.6 is 0 Å². The molecule has 0 bridgehead atoms. The number of likely N-dealkylation sites (N-methyl/N-ethyl adjacent to an activating group) is 1. The molecule has 0 spiro atoms. The lowest BCUT2D eigenvalue weighted by Gasteiger charge is -2.11. The number of hydrogen-bond donors (Lipinski definition) is 2. The number of rotatable bonds is 9. The molecule has 116 valence electrons. The number of amides is 1. The van der Waals surface area contributed by atoms with Crippen molar-refractivity contribution < 1.29 is 9.53 Å². The van der Waals surface area contributed by atoms with Crippen LogP contribution < -0.4 is 15.4 Å². The van der Waals surface area contributed by atoms with E-state index in [1.807, 2.05) is 38.4 Å². The summed E-state index contributed by atoms with van der Waals surface area (Å²) in [5, 5.41) is 6.05. The van der Waals surface area contributed by atoms with E-state index in [9.17, 15) is 4.79 Å². The average molecular weight is 291 g/mol. The van der Waals surface area contributed by atoms with Gasteiger partial charge >= 0.3 is 0 Å². The Bertz CT molecular complexity index is 441. The van der Waals surface area contributed by atoms with E-state index in [1.165, 1.54) is 12.8 Å². The molecule has 2 N–H and O–H groups in total. The minimum atomic E-state index is -0.00285. The van der Waals surface area contributed by atoms with Crippen LogP contribution in [-0.2, 0) is 4.79 Å². The molecule has 0 atom stereocenters. The lowest BCUT2D eigenvalue weighted by Crippen LogP contribution is -2.29. The van der Waals surface area contributed by atoms with Crippen LogP contribution in [-0.4, -0.2) is 51.1 Å². The van der Waals surface area contributed by atoms with Crippen LogP contribution in [0.5, 0.6) is 5.75 Å². The Morgan fingerprint density at radius 1 is 1.29 bits per heavy atom. The van der Waals surface area contributed by atoms with Gasteiger partial charge in [0.1, 0.15) is 12.4 Å². The molecular weight excluding hydrogens is 266 g/mol. The zero-order valence-corrected chi connectivity index (χ0v) is 12.9. The monoisotopic (exact) mass is 291 g/mol. The van der Waals surface area contributed by atoms with Crippen LogP contribution in [0.2, 0.25) is 0 Å². The van der Waals surface area contributed by atoms with Crippen molar-refractivity contribution in [3.8, 4) is 5.75 Å². The molecule has 1 fully saturated rings. The summed E-state index contributed by atoms with van der Waals surface area (Å²) in [6.07, 6.45) is 2.59. The maximum Gasteiger partial charge on any atom is 0.238 e. The Morgan fingerprint density at radius 2 is 2.00 bits per heavy atom. The summed E-state index contributed by atoms with van der Waals surface area (Å²) in [6, 6.07) is 7.49. The summed E-state index contributed by atoms with van der Waals surface area (Å²) in [4.78, 5) is 13.8. The van der Waals surface area contributed by atoms with Gasteiger partial charge in [-0.05, 0) is 63.7 Å². The second-order valence-electron chi connectivity index (χ2n) is 5.80. The van der Waals surface area contributed by atoms with Gasteiger partial charge in [-0.15, -0.1) is 0 Å². The summed E-state index contributed by atoms with van der Waals surface area (Å²) >= 11 is 0. The highest BCUT2D eigenvalue weighted by Crippen LogP contribution is 2.27. The second-order valence-corrected chi connectivity index (χ2v) is 5.80. The highest BCUT2D eigenvalue weighted by Gasteiger charge is 2.20. The molecule has 2 rings (SSSR count). The van der Waals surface area contributed by atoms with Gasteiger partial charge in [-0.1, -0.05) is 0 Å². The fourth-order valence-corrected chi connectivity index (χ4v) is 1.90. The Kier molecular flexibility index (Phi) is 6.02. The van der Waals surface area contributed by atoms with Gasteiger partial charge in [0, 0.05) is 12.2 Å². The molecule has 0 aliphatic heterocycles. The highest BCUT2D eigenvalue weighted by atomic mass is 16.5. The van der Waals surface area contributed by atoms with E-state index in [0.717, 1.165) is 30.4 Å². The average Bonchev–Trinajstić information content (AvgIpc) is 3.24. The SMILES string of the molecule is CN(C)CCOc1ccc(NC(=O)CNCC2CC2)cc1. The molecule has 0 heterocycles. The smallest absolute Gasteiger partial charge is 0.238 e. The maximum atomic E-state index is 11.7. The molecule has 1 aromatic carbocycles.